The Kier molecular flexibility index (Phi) is 30.0. The van der Waals surface area contributed by atoms with Crippen molar-refractivity contribution in [3.05, 3.63) is 48.6 Å². The Balaban J connectivity index is 1.84. The minimum Gasteiger partial charge on any atom is -0.375 e. The van der Waals surface area contributed by atoms with Gasteiger partial charge in [-0.2, -0.15) is 0 Å². The zero-order valence-electron chi connectivity index (χ0n) is 29.3. The molecule has 2 nitrogen and oxygen atoms in total. The van der Waals surface area contributed by atoms with Crippen molar-refractivity contribution in [2.24, 2.45) is 5.92 Å². The third kappa shape index (κ3) is 25.9. The van der Waals surface area contributed by atoms with E-state index >= 15 is 0 Å². The van der Waals surface area contributed by atoms with E-state index in [1.165, 1.54) is 148 Å². The number of rotatable bonds is 33. The highest BCUT2D eigenvalue weighted by Gasteiger charge is 2.51. The third-order valence-corrected chi connectivity index (χ3v) is 8.81. The summed E-state index contributed by atoms with van der Waals surface area (Å²) >= 11 is 0. The van der Waals surface area contributed by atoms with E-state index in [0.29, 0.717) is 18.1 Å². The monoisotopic (exact) mass is 599 g/mol. The standard InChI is InChI=1S/C41H74O2/c1-4-7-9-11-13-15-17-19-21-23-25-27-29-31-33-35-37-42-40-39(6-3)41(40)43-38-36-34-32-30-28-26-24-22-20-18-16-14-12-10-8-5-2/h13-16,19-22,39-41H,4-12,17-18,23-38H2,1-3H3/b15-13-,16-14-,21-19-,22-20-/t39?,40-,41+. The fourth-order valence-corrected chi connectivity index (χ4v) is 5.83. The van der Waals surface area contributed by atoms with E-state index in [-0.39, 0.29) is 0 Å². The second-order valence-corrected chi connectivity index (χ2v) is 12.9. The van der Waals surface area contributed by atoms with Crippen LogP contribution >= 0.6 is 0 Å². The predicted octanol–water partition coefficient (Wildman–Crippen LogP) is 13.4. The molecule has 0 aromatic carbocycles. The highest BCUT2D eigenvalue weighted by Crippen LogP contribution is 2.40. The summed E-state index contributed by atoms with van der Waals surface area (Å²) in [6, 6.07) is 0. The van der Waals surface area contributed by atoms with Crippen molar-refractivity contribution < 1.29 is 9.47 Å². The Morgan fingerprint density at radius 2 is 0.698 bits per heavy atom. The summed E-state index contributed by atoms with van der Waals surface area (Å²) in [5.41, 5.74) is 0. The van der Waals surface area contributed by atoms with Crippen LogP contribution in [-0.4, -0.2) is 25.4 Å². The first-order chi connectivity index (χ1) is 21.3. The van der Waals surface area contributed by atoms with E-state index in [1.807, 2.05) is 0 Å². The summed E-state index contributed by atoms with van der Waals surface area (Å²) in [4.78, 5) is 0. The lowest BCUT2D eigenvalue weighted by molar-refractivity contribution is 0.0401. The molecule has 0 amide bonds. The summed E-state index contributed by atoms with van der Waals surface area (Å²) in [7, 11) is 0. The number of hydrogen-bond acceptors (Lipinski definition) is 2. The van der Waals surface area contributed by atoms with Gasteiger partial charge in [0, 0.05) is 19.1 Å². The van der Waals surface area contributed by atoms with E-state index in [2.05, 4.69) is 69.4 Å². The van der Waals surface area contributed by atoms with Gasteiger partial charge >= 0.3 is 0 Å². The Bertz CT molecular complexity index is 619. The second-order valence-electron chi connectivity index (χ2n) is 12.9. The number of ether oxygens (including phenoxy) is 2. The van der Waals surface area contributed by atoms with Gasteiger partial charge in [-0.1, -0.05) is 146 Å². The summed E-state index contributed by atoms with van der Waals surface area (Å²) < 4.78 is 12.4. The van der Waals surface area contributed by atoms with Crippen molar-refractivity contribution in [3.8, 4) is 0 Å². The van der Waals surface area contributed by atoms with Crippen LogP contribution in [0.5, 0.6) is 0 Å². The molecule has 43 heavy (non-hydrogen) atoms. The molecule has 0 saturated heterocycles. The highest BCUT2D eigenvalue weighted by atomic mass is 16.6. The van der Waals surface area contributed by atoms with Crippen molar-refractivity contribution in [1.82, 2.24) is 0 Å². The molecule has 1 unspecified atom stereocenters. The molecule has 3 atom stereocenters. The molecular formula is C41H74O2. The van der Waals surface area contributed by atoms with Crippen LogP contribution in [-0.2, 0) is 9.47 Å². The van der Waals surface area contributed by atoms with Gasteiger partial charge in [0.25, 0.3) is 0 Å². The van der Waals surface area contributed by atoms with Crippen molar-refractivity contribution in [3.63, 3.8) is 0 Å². The summed E-state index contributed by atoms with van der Waals surface area (Å²) in [6.07, 6.45) is 51.8. The quantitative estimate of drug-likeness (QED) is 0.0552. The number of allylic oxidation sites excluding steroid dienone is 8. The molecule has 1 fully saturated rings. The number of unbranched alkanes of at least 4 members (excludes halogenated alkanes) is 18. The molecule has 0 spiro atoms. The molecular weight excluding hydrogens is 524 g/mol. The van der Waals surface area contributed by atoms with Crippen LogP contribution in [0.25, 0.3) is 0 Å². The fourth-order valence-electron chi connectivity index (χ4n) is 5.83. The zero-order valence-corrected chi connectivity index (χ0v) is 29.3. The molecule has 1 aliphatic carbocycles. The van der Waals surface area contributed by atoms with Gasteiger partial charge in [-0.3, -0.25) is 0 Å². The van der Waals surface area contributed by atoms with Gasteiger partial charge in [-0.05, 0) is 83.5 Å². The van der Waals surface area contributed by atoms with Gasteiger partial charge < -0.3 is 9.47 Å². The highest BCUT2D eigenvalue weighted by molar-refractivity contribution is 5.00. The Morgan fingerprint density at radius 1 is 0.372 bits per heavy atom. The lowest BCUT2D eigenvalue weighted by Crippen LogP contribution is -2.06. The predicted molar refractivity (Wildman–Crippen MR) is 192 cm³/mol. The lowest BCUT2D eigenvalue weighted by Gasteiger charge is -2.06. The van der Waals surface area contributed by atoms with Gasteiger partial charge in [0.05, 0.1) is 12.2 Å². The summed E-state index contributed by atoms with van der Waals surface area (Å²) in [5.74, 6) is 0.634. The van der Waals surface area contributed by atoms with E-state index < -0.39 is 0 Å². The van der Waals surface area contributed by atoms with Gasteiger partial charge in [0.15, 0.2) is 0 Å². The minimum atomic E-state index is 0.368. The smallest absolute Gasteiger partial charge is 0.0894 e. The molecule has 0 aromatic heterocycles. The van der Waals surface area contributed by atoms with Crippen LogP contribution < -0.4 is 0 Å². The lowest BCUT2D eigenvalue weighted by atomic mass is 10.1. The minimum absolute atomic E-state index is 0.368. The maximum Gasteiger partial charge on any atom is 0.0894 e. The second kappa shape index (κ2) is 32.3. The van der Waals surface area contributed by atoms with Crippen molar-refractivity contribution in [2.75, 3.05) is 13.2 Å². The van der Waals surface area contributed by atoms with Crippen LogP contribution in [0.1, 0.15) is 181 Å². The van der Waals surface area contributed by atoms with Crippen molar-refractivity contribution in [2.45, 2.75) is 193 Å². The first-order valence-electron chi connectivity index (χ1n) is 19.2. The molecule has 0 aromatic rings. The molecule has 1 saturated carbocycles. The summed E-state index contributed by atoms with van der Waals surface area (Å²) in [6.45, 7) is 8.65. The average molecular weight is 599 g/mol. The molecule has 1 aliphatic rings. The summed E-state index contributed by atoms with van der Waals surface area (Å²) in [5, 5.41) is 0. The van der Waals surface area contributed by atoms with E-state index in [0.717, 1.165) is 26.1 Å². The Hall–Kier alpha value is -1.12. The van der Waals surface area contributed by atoms with E-state index in [1.54, 1.807) is 0 Å². The first-order valence-corrected chi connectivity index (χ1v) is 19.2. The van der Waals surface area contributed by atoms with Crippen molar-refractivity contribution >= 4 is 0 Å². The topological polar surface area (TPSA) is 18.5 Å². The molecule has 0 bridgehead atoms. The molecule has 0 heterocycles. The Labute approximate surface area is 270 Å². The van der Waals surface area contributed by atoms with Gasteiger partial charge in [0.1, 0.15) is 0 Å². The van der Waals surface area contributed by atoms with E-state index in [9.17, 15) is 0 Å². The van der Waals surface area contributed by atoms with Crippen LogP contribution in [0.15, 0.2) is 48.6 Å². The maximum atomic E-state index is 6.22. The zero-order chi connectivity index (χ0) is 30.9. The first kappa shape index (κ1) is 39.9. The molecule has 250 valence electrons. The van der Waals surface area contributed by atoms with Crippen LogP contribution in [0.2, 0.25) is 0 Å². The normalized spacial score (nSPS) is 18.8. The van der Waals surface area contributed by atoms with Crippen LogP contribution in [0.4, 0.5) is 0 Å². The van der Waals surface area contributed by atoms with Gasteiger partial charge in [-0.15, -0.1) is 0 Å². The number of hydrogen-bond donors (Lipinski definition) is 0. The Morgan fingerprint density at radius 3 is 1.05 bits per heavy atom. The fraction of sp³-hybridized carbons (Fsp3) is 0.805. The van der Waals surface area contributed by atoms with Crippen molar-refractivity contribution in [1.29, 1.82) is 0 Å². The SMILES string of the molecule is CCCCC/C=C\C/C=C\CCCCCCCCO[C@@H]1C(CC)[C@@H]1OCCCCCCCC/C=C\C/C=C\CCCCC. The average Bonchev–Trinajstić information content (AvgIpc) is 3.71. The molecule has 2 heteroatoms. The molecule has 0 radical (unpaired) electrons. The largest absolute Gasteiger partial charge is 0.375 e. The van der Waals surface area contributed by atoms with Crippen LogP contribution in [0.3, 0.4) is 0 Å². The third-order valence-electron chi connectivity index (χ3n) is 8.81. The van der Waals surface area contributed by atoms with E-state index in [4.69, 9.17) is 9.47 Å². The maximum absolute atomic E-state index is 6.22. The van der Waals surface area contributed by atoms with Crippen LogP contribution in [0, 0.1) is 5.92 Å². The molecule has 0 aliphatic heterocycles. The molecule has 1 rings (SSSR count). The molecule has 0 N–H and O–H groups in total. The van der Waals surface area contributed by atoms with Gasteiger partial charge in [0.2, 0.25) is 0 Å². The van der Waals surface area contributed by atoms with Gasteiger partial charge in [-0.25, -0.2) is 0 Å².